The number of benzene rings is 1. The highest BCUT2D eigenvalue weighted by atomic mass is 35.5. The Bertz CT molecular complexity index is 1310. The zero-order valence-corrected chi connectivity index (χ0v) is 18.5. The summed E-state index contributed by atoms with van der Waals surface area (Å²) in [6.07, 6.45) is 3.75. The van der Waals surface area contributed by atoms with Crippen molar-refractivity contribution in [2.75, 3.05) is 5.32 Å². The SMILES string of the molecule is Cc1c(C(=O)Nc2ncc(Cc3ccc(Cl)cc3Cl)s2)sc2ncn(C)c(=O)c12. The first-order valence-electron chi connectivity index (χ1n) is 8.48. The fraction of sp³-hybridized carbons (Fsp3) is 0.158. The number of fused-ring (bicyclic) bond motifs is 1. The van der Waals surface area contributed by atoms with Crippen LogP contribution >= 0.6 is 45.9 Å². The maximum Gasteiger partial charge on any atom is 0.267 e. The molecule has 0 saturated heterocycles. The number of halogens is 2. The molecule has 0 saturated carbocycles. The van der Waals surface area contributed by atoms with E-state index in [1.165, 1.54) is 33.6 Å². The lowest BCUT2D eigenvalue weighted by Gasteiger charge is -2.02. The second kappa shape index (κ2) is 7.87. The summed E-state index contributed by atoms with van der Waals surface area (Å²) in [6.45, 7) is 1.76. The molecular formula is C19H14Cl2N4O2S2. The van der Waals surface area contributed by atoms with Crippen LogP contribution in [0.3, 0.4) is 0 Å². The van der Waals surface area contributed by atoms with Crippen LogP contribution in [-0.2, 0) is 13.5 Å². The lowest BCUT2D eigenvalue weighted by molar-refractivity contribution is 0.103. The van der Waals surface area contributed by atoms with Crippen molar-refractivity contribution in [2.45, 2.75) is 13.3 Å². The molecule has 0 spiro atoms. The van der Waals surface area contributed by atoms with Crippen molar-refractivity contribution in [1.29, 1.82) is 0 Å². The Kier molecular flexibility index (Phi) is 5.44. The number of thiazole rings is 1. The van der Waals surface area contributed by atoms with Gasteiger partial charge in [0, 0.05) is 34.6 Å². The molecule has 0 aliphatic carbocycles. The molecule has 4 rings (SSSR count). The van der Waals surface area contributed by atoms with Crippen LogP contribution in [-0.4, -0.2) is 20.4 Å². The Labute approximate surface area is 183 Å². The van der Waals surface area contributed by atoms with Gasteiger partial charge in [-0.05, 0) is 30.2 Å². The minimum absolute atomic E-state index is 0.167. The Balaban J connectivity index is 1.55. The van der Waals surface area contributed by atoms with E-state index in [1.54, 1.807) is 32.3 Å². The van der Waals surface area contributed by atoms with Crippen LogP contribution in [0.25, 0.3) is 10.2 Å². The van der Waals surface area contributed by atoms with Crippen molar-refractivity contribution in [3.05, 3.63) is 72.0 Å². The van der Waals surface area contributed by atoms with Crippen molar-refractivity contribution >= 4 is 67.1 Å². The van der Waals surface area contributed by atoms with Crippen LogP contribution in [0.15, 0.2) is 35.5 Å². The monoisotopic (exact) mass is 464 g/mol. The van der Waals surface area contributed by atoms with Gasteiger partial charge in [-0.1, -0.05) is 29.3 Å². The van der Waals surface area contributed by atoms with Gasteiger partial charge in [-0.2, -0.15) is 0 Å². The van der Waals surface area contributed by atoms with E-state index >= 15 is 0 Å². The topological polar surface area (TPSA) is 76.9 Å². The molecule has 4 aromatic rings. The highest BCUT2D eigenvalue weighted by Crippen LogP contribution is 2.30. The molecule has 1 aromatic carbocycles. The average molecular weight is 465 g/mol. The molecule has 10 heteroatoms. The number of aromatic nitrogens is 3. The molecule has 0 radical (unpaired) electrons. The summed E-state index contributed by atoms with van der Waals surface area (Å²) in [4.78, 5) is 35.6. The largest absolute Gasteiger partial charge is 0.302 e. The molecule has 6 nitrogen and oxygen atoms in total. The number of rotatable bonds is 4. The summed E-state index contributed by atoms with van der Waals surface area (Å²) < 4.78 is 1.40. The Morgan fingerprint density at radius 3 is 2.79 bits per heavy atom. The number of aryl methyl sites for hydroxylation is 2. The summed E-state index contributed by atoms with van der Waals surface area (Å²) in [5.41, 5.74) is 1.39. The van der Waals surface area contributed by atoms with Crippen LogP contribution in [0.1, 0.15) is 25.7 Å². The molecule has 0 aliphatic rings. The Morgan fingerprint density at radius 2 is 2.03 bits per heavy atom. The Morgan fingerprint density at radius 1 is 1.24 bits per heavy atom. The quantitative estimate of drug-likeness (QED) is 0.465. The van der Waals surface area contributed by atoms with Gasteiger partial charge in [0.1, 0.15) is 4.83 Å². The van der Waals surface area contributed by atoms with E-state index in [1.807, 2.05) is 6.07 Å². The zero-order valence-electron chi connectivity index (χ0n) is 15.3. The van der Waals surface area contributed by atoms with Crippen molar-refractivity contribution in [3.8, 4) is 0 Å². The number of thiophene rings is 1. The van der Waals surface area contributed by atoms with Crippen molar-refractivity contribution in [1.82, 2.24) is 14.5 Å². The van der Waals surface area contributed by atoms with Crippen LogP contribution < -0.4 is 10.9 Å². The van der Waals surface area contributed by atoms with Gasteiger partial charge in [-0.3, -0.25) is 14.9 Å². The van der Waals surface area contributed by atoms with Gasteiger partial charge in [0.05, 0.1) is 16.6 Å². The maximum atomic E-state index is 12.8. The van der Waals surface area contributed by atoms with Crippen molar-refractivity contribution in [2.24, 2.45) is 7.05 Å². The second-order valence-corrected chi connectivity index (χ2v) is 9.35. The predicted molar refractivity (Wildman–Crippen MR) is 119 cm³/mol. The van der Waals surface area contributed by atoms with Gasteiger partial charge < -0.3 is 4.57 Å². The molecule has 0 bridgehead atoms. The predicted octanol–water partition coefficient (Wildman–Crippen LogP) is 4.91. The third-order valence-corrected chi connectivity index (χ3v) is 7.07. The van der Waals surface area contributed by atoms with Crippen LogP contribution in [0.4, 0.5) is 5.13 Å². The van der Waals surface area contributed by atoms with Gasteiger partial charge in [0.25, 0.3) is 11.5 Å². The van der Waals surface area contributed by atoms with E-state index in [0.29, 0.717) is 42.3 Å². The second-order valence-electron chi connectivity index (χ2n) is 6.40. The summed E-state index contributed by atoms with van der Waals surface area (Å²) in [5.74, 6) is -0.307. The third-order valence-electron chi connectivity index (χ3n) is 4.37. The minimum atomic E-state index is -0.307. The summed E-state index contributed by atoms with van der Waals surface area (Å²) in [7, 11) is 1.63. The lowest BCUT2D eigenvalue weighted by Crippen LogP contribution is -2.17. The first-order chi connectivity index (χ1) is 13.8. The summed E-state index contributed by atoms with van der Waals surface area (Å²) in [6, 6.07) is 5.36. The number of anilines is 1. The van der Waals surface area contributed by atoms with Gasteiger partial charge >= 0.3 is 0 Å². The van der Waals surface area contributed by atoms with E-state index in [4.69, 9.17) is 23.2 Å². The van der Waals surface area contributed by atoms with Gasteiger partial charge in [0.2, 0.25) is 0 Å². The summed E-state index contributed by atoms with van der Waals surface area (Å²) >= 11 is 14.7. The van der Waals surface area contributed by atoms with Crippen LogP contribution in [0, 0.1) is 6.92 Å². The minimum Gasteiger partial charge on any atom is -0.302 e. The van der Waals surface area contributed by atoms with Crippen LogP contribution in [0.5, 0.6) is 0 Å². The molecule has 0 aliphatic heterocycles. The standard InChI is InChI=1S/C19H14Cl2N4O2S2/c1-9-14-17(23-8-25(2)18(14)27)29-15(9)16(26)24-19-22-7-12(28-19)5-10-3-4-11(20)6-13(10)21/h3-4,6-8H,5H2,1-2H3,(H,22,24,26). The number of nitrogens with one attached hydrogen (secondary N) is 1. The van der Waals surface area contributed by atoms with E-state index in [9.17, 15) is 9.59 Å². The zero-order chi connectivity index (χ0) is 20.7. The molecule has 29 heavy (non-hydrogen) atoms. The van der Waals surface area contributed by atoms with E-state index in [-0.39, 0.29) is 11.5 Å². The fourth-order valence-corrected chi connectivity index (χ4v) is 5.22. The molecule has 0 atom stereocenters. The first kappa shape index (κ1) is 20.0. The molecule has 148 valence electrons. The molecule has 3 heterocycles. The van der Waals surface area contributed by atoms with E-state index in [2.05, 4.69) is 15.3 Å². The highest BCUT2D eigenvalue weighted by molar-refractivity contribution is 7.21. The maximum absolute atomic E-state index is 12.8. The van der Waals surface area contributed by atoms with Crippen molar-refractivity contribution in [3.63, 3.8) is 0 Å². The molecular weight excluding hydrogens is 451 g/mol. The average Bonchev–Trinajstić information content (AvgIpc) is 3.25. The van der Waals surface area contributed by atoms with Gasteiger partial charge in [0.15, 0.2) is 5.13 Å². The number of hydrogen-bond acceptors (Lipinski definition) is 6. The smallest absolute Gasteiger partial charge is 0.267 e. The van der Waals surface area contributed by atoms with E-state index < -0.39 is 0 Å². The molecule has 3 aromatic heterocycles. The fourth-order valence-electron chi connectivity index (χ4n) is 2.88. The van der Waals surface area contributed by atoms with Gasteiger partial charge in [-0.25, -0.2) is 9.97 Å². The summed E-state index contributed by atoms with van der Waals surface area (Å²) in [5, 5.41) is 4.94. The highest BCUT2D eigenvalue weighted by Gasteiger charge is 2.20. The normalized spacial score (nSPS) is 11.2. The number of carbonyl (C=O) groups excluding carboxylic acids is 1. The molecule has 1 amide bonds. The Hall–Kier alpha value is -2.26. The lowest BCUT2D eigenvalue weighted by atomic mass is 10.1. The third kappa shape index (κ3) is 3.93. The number of carbonyl (C=O) groups is 1. The van der Waals surface area contributed by atoms with Crippen LogP contribution in [0.2, 0.25) is 10.0 Å². The molecule has 0 unspecified atom stereocenters. The number of amides is 1. The number of hydrogen-bond donors (Lipinski definition) is 1. The first-order valence-corrected chi connectivity index (χ1v) is 10.9. The molecule has 1 N–H and O–H groups in total. The van der Waals surface area contributed by atoms with Gasteiger partial charge in [-0.15, -0.1) is 22.7 Å². The van der Waals surface area contributed by atoms with E-state index in [0.717, 1.165) is 10.4 Å². The van der Waals surface area contributed by atoms with Crippen molar-refractivity contribution < 1.29 is 4.79 Å². The number of nitrogens with zero attached hydrogens (tertiary/aromatic N) is 3. The molecule has 0 fully saturated rings.